The number of benzene rings is 1. The summed E-state index contributed by atoms with van der Waals surface area (Å²) < 4.78 is 12.8. The van der Waals surface area contributed by atoms with E-state index in [2.05, 4.69) is 84.0 Å². The molecule has 6 heterocycles. The molecule has 0 saturated carbocycles. The van der Waals surface area contributed by atoms with Gasteiger partial charge in [-0.3, -0.25) is 19.9 Å². The second-order valence-corrected chi connectivity index (χ2v) is 16.2. The van der Waals surface area contributed by atoms with Crippen LogP contribution < -0.4 is 14.5 Å². The Hall–Kier alpha value is -4.98. The summed E-state index contributed by atoms with van der Waals surface area (Å²) in [6.07, 6.45) is 9.69. The van der Waals surface area contributed by atoms with Gasteiger partial charge in [0.25, 0.3) is 0 Å². The van der Waals surface area contributed by atoms with Gasteiger partial charge in [0.15, 0.2) is 0 Å². The molecule has 7 rings (SSSR count). The predicted molar refractivity (Wildman–Crippen MR) is 250 cm³/mol. The number of aromatic amines is 1. The van der Waals surface area contributed by atoms with Gasteiger partial charge < -0.3 is 19.4 Å². The maximum atomic E-state index is 6.39. The SMILES string of the molecule is CCCCC(CC)COc1cc(C)nc2c1ccc1c(OCC(CC)CCCC)cc(C)nc12.Cc1cccc(-c2ccc(C)[n-]2)n1.Cc1cccc(-c2ccc(C)[nH]2)n1.[Cu+]. The second kappa shape index (κ2) is 24.5. The van der Waals surface area contributed by atoms with Crippen molar-refractivity contribution < 1.29 is 26.5 Å². The van der Waals surface area contributed by atoms with Gasteiger partial charge in [0.1, 0.15) is 22.5 Å². The van der Waals surface area contributed by atoms with Crippen LogP contribution in [0.25, 0.3) is 44.6 Å². The molecule has 328 valence electrons. The Morgan fingerprint density at radius 2 is 1.07 bits per heavy atom. The molecule has 7 aromatic rings. The molecule has 6 aromatic heterocycles. The Labute approximate surface area is 375 Å². The predicted octanol–water partition coefficient (Wildman–Crippen LogP) is 13.6. The zero-order valence-corrected chi connectivity index (χ0v) is 39.1. The monoisotopic (exact) mass is 870 g/mol. The molecule has 2 unspecified atom stereocenters. The maximum Gasteiger partial charge on any atom is 1.00 e. The first-order valence-electron chi connectivity index (χ1n) is 22.1. The Morgan fingerprint density at radius 3 is 1.49 bits per heavy atom. The minimum Gasteiger partial charge on any atom is -0.660 e. The number of unbranched alkanes of at least 4 members (excludes halogenated alkanes) is 2. The standard InChI is InChI=1S/C30H44N2O2.C11H12N2.C11H11N2.Cu/c1-7-11-13-23(9-3)19-33-27-17-21(5)31-29-25(27)15-16-26-28(18-22(6)32-30(26)29)34-20-24(10-4)14-12-8-2;2*1-8-4-3-5-10(12-8)11-7-6-9(2)13-11;/h15-18,23-24H,7-14,19-20H2,1-6H3;3-7,13H,1-2H3;3-7H,1-2H3;/q;;-1;+1. The van der Waals surface area contributed by atoms with Crippen molar-refractivity contribution in [1.29, 1.82) is 0 Å². The molecule has 8 nitrogen and oxygen atoms in total. The first kappa shape index (κ1) is 48.7. The van der Waals surface area contributed by atoms with Crippen molar-refractivity contribution >= 4 is 21.8 Å². The molecule has 1 aromatic carbocycles. The topological polar surface area (TPSA) is 99.9 Å². The summed E-state index contributed by atoms with van der Waals surface area (Å²) in [5.74, 6) is 3.00. The summed E-state index contributed by atoms with van der Waals surface area (Å²) in [6, 6.07) is 28.5. The Balaban J connectivity index is 0.000000245. The van der Waals surface area contributed by atoms with Crippen LogP contribution in [0.3, 0.4) is 0 Å². The van der Waals surface area contributed by atoms with Crippen LogP contribution in [0.1, 0.15) is 113 Å². The van der Waals surface area contributed by atoms with Crippen molar-refractivity contribution in [3.8, 4) is 34.3 Å². The molecule has 0 aliphatic heterocycles. The van der Waals surface area contributed by atoms with Gasteiger partial charge in [-0.1, -0.05) is 97.4 Å². The van der Waals surface area contributed by atoms with Gasteiger partial charge in [0.05, 0.1) is 24.6 Å². The summed E-state index contributed by atoms with van der Waals surface area (Å²) in [5, 5.41) is 2.06. The van der Waals surface area contributed by atoms with Crippen molar-refractivity contribution in [2.75, 3.05) is 13.2 Å². The third-order valence-electron chi connectivity index (χ3n) is 10.9. The van der Waals surface area contributed by atoms with Crippen LogP contribution in [0, 0.1) is 53.4 Å². The van der Waals surface area contributed by atoms with E-state index in [0.717, 1.165) is 111 Å². The zero-order chi connectivity index (χ0) is 43.0. The normalized spacial score (nSPS) is 11.8. The number of nitrogens with one attached hydrogen (secondary N) is 1. The number of aryl methyl sites for hydroxylation is 6. The van der Waals surface area contributed by atoms with E-state index in [0.29, 0.717) is 11.8 Å². The molecule has 0 saturated heterocycles. The Morgan fingerprint density at radius 1 is 0.557 bits per heavy atom. The summed E-state index contributed by atoms with van der Waals surface area (Å²) >= 11 is 0. The molecule has 0 radical (unpaired) electrons. The van der Waals surface area contributed by atoms with Crippen molar-refractivity contribution in [2.45, 2.75) is 121 Å². The first-order chi connectivity index (χ1) is 29.0. The van der Waals surface area contributed by atoms with Gasteiger partial charge in [0.2, 0.25) is 0 Å². The summed E-state index contributed by atoms with van der Waals surface area (Å²) in [6.45, 7) is 22.6. The summed E-state index contributed by atoms with van der Waals surface area (Å²) in [5.41, 5.74) is 12.0. The van der Waals surface area contributed by atoms with Crippen LogP contribution in [0.5, 0.6) is 11.5 Å². The van der Waals surface area contributed by atoms with E-state index >= 15 is 0 Å². The molecule has 0 fully saturated rings. The molecule has 0 aliphatic rings. The largest absolute Gasteiger partial charge is 1.00 e. The molecular weight excluding hydrogens is 804 g/mol. The van der Waals surface area contributed by atoms with Crippen LogP contribution >= 0.6 is 0 Å². The van der Waals surface area contributed by atoms with E-state index < -0.39 is 0 Å². The van der Waals surface area contributed by atoms with Crippen molar-refractivity contribution in [3.63, 3.8) is 0 Å². The molecule has 0 spiro atoms. The van der Waals surface area contributed by atoms with Crippen LogP contribution in [0.15, 0.2) is 84.9 Å². The number of hydrogen-bond donors (Lipinski definition) is 1. The average Bonchev–Trinajstić information content (AvgIpc) is 3.89. The van der Waals surface area contributed by atoms with Crippen molar-refractivity contribution in [3.05, 3.63) is 119 Å². The maximum absolute atomic E-state index is 6.39. The van der Waals surface area contributed by atoms with Gasteiger partial charge in [-0.25, -0.2) is 0 Å². The number of pyridine rings is 4. The second-order valence-electron chi connectivity index (χ2n) is 16.2. The number of rotatable bonds is 16. The van der Waals surface area contributed by atoms with E-state index in [1.165, 1.54) is 44.2 Å². The number of ether oxygens (including phenoxy) is 2. The molecule has 2 atom stereocenters. The third kappa shape index (κ3) is 14.3. The van der Waals surface area contributed by atoms with Crippen LogP contribution in [-0.4, -0.2) is 38.1 Å². The van der Waals surface area contributed by atoms with Gasteiger partial charge in [-0.05, 0) is 108 Å². The zero-order valence-electron chi connectivity index (χ0n) is 38.2. The number of hydrogen-bond acceptors (Lipinski definition) is 6. The number of fused-ring (bicyclic) bond motifs is 3. The molecule has 9 heteroatoms. The van der Waals surface area contributed by atoms with E-state index in [4.69, 9.17) is 19.4 Å². The summed E-state index contributed by atoms with van der Waals surface area (Å²) in [7, 11) is 0. The number of nitrogens with zero attached hydrogens (tertiary/aromatic N) is 5. The average molecular weight is 872 g/mol. The third-order valence-corrected chi connectivity index (χ3v) is 10.9. The Bertz CT molecular complexity index is 2240. The fourth-order valence-electron chi connectivity index (χ4n) is 7.25. The van der Waals surface area contributed by atoms with Gasteiger partial charge in [-0.15, -0.1) is 5.69 Å². The van der Waals surface area contributed by atoms with Gasteiger partial charge >= 0.3 is 17.1 Å². The molecule has 0 aliphatic carbocycles. The molecule has 61 heavy (non-hydrogen) atoms. The van der Waals surface area contributed by atoms with Gasteiger partial charge in [0, 0.05) is 57.1 Å². The fourth-order valence-corrected chi connectivity index (χ4v) is 7.25. The van der Waals surface area contributed by atoms with Crippen LogP contribution in [0.2, 0.25) is 0 Å². The Kier molecular flexibility index (Phi) is 19.5. The quantitative estimate of drug-likeness (QED) is 0.0762. The molecular formula is C52H67CuN6O2. The van der Waals surface area contributed by atoms with E-state index in [1.807, 2.05) is 90.1 Å². The van der Waals surface area contributed by atoms with Crippen LogP contribution in [-0.2, 0) is 17.1 Å². The minimum absolute atomic E-state index is 0. The molecule has 0 amide bonds. The molecule has 1 N–H and O–H groups in total. The number of H-pyrrole nitrogens is 1. The first-order valence-corrected chi connectivity index (χ1v) is 22.1. The van der Waals surface area contributed by atoms with E-state index in [-0.39, 0.29) is 17.1 Å². The molecule has 0 bridgehead atoms. The van der Waals surface area contributed by atoms with Crippen LogP contribution in [0.4, 0.5) is 0 Å². The van der Waals surface area contributed by atoms with E-state index in [1.54, 1.807) is 0 Å². The van der Waals surface area contributed by atoms with Crippen molar-refractivity contribution in [1.82, 2.24) is 29.9 Å². The fraction of sp³-hybridized carbons (Fsp3) is 0.423. The number of aromatic nitrogens is 6. The van der Waals surface area contributed by atoms with E-state index in [9.17, 15) is 0 Å². The summed E-state index contributed by atoms with van der Waals surface area (Å²) in [4.78, 5) is 26.2. The van der Waals surface area contributed by atoms with Gasteiger partial charge in [-0.2, -0.15) is 5.69 Å². The smallest absolute Gasteiger partial charge is 0.660 e. The van der Waals surface area contributed by atoms with Crippen molar-refractivity contribution in [2.24, 2.45) is 11.8 Å². The minimum atomic E-state index is 0.